The molecule has 1 rings (SSSR count). The molecule has 0 aromatic heterocycles. The van der Waals surface area contributed by atoms with Crippen molar-refractivity contribution in [1.82, 2.24) is 5.43 Å². The summed E-state index contributed by atoms with van der Waals surface area (Å²) in [6.45, 7) is 2.07. The topological polar surface area (TPSA) is 48.2 Å². The maximum atomic E-state index is 7.53. The van der Waals surface area contributed by atoms with E-state index in [0.717, 1.165) is 17.7 Å². The molecule has 0 saturated heterocycles. The van der Waals surface area contributed by atoms with Gasteiger partial charge < -0.3 is 0 Å². The highest BCUT2D eigenvalue weighted by atomic mass is 79.9. The van der Waals surface area contributed by atoms with E-state index in [4.69, 9.17) is 28.6 Å². The zero-order chi connectivity index (χ0) is 12.7. The van der Waals surface area contributed by atoms with Crippen LogP contribution < -0.4 is 5.43 Å². The standard InChI is InChI=1S/C11H13Cl2N3S.BrH/c1-2-5-17-11(14)16-15-7-8-3-4-9(12)10(13)6-8;/h3-4,6-7H,2,5H2,1H3,(H2,14,16);1H. The van der Waals surface area contributed by atoms with Crippen molar-refractivity contribution in [2.45, 2.75) is 13.3 Å². The van der Waals surface area contributed by atoms with Gasteiger partial charge >= 0.3 is 0 Å². The summed E-state index contributed by atoms with van der Waals surface area (Å²) >= 11 is 13.1. The molecule has 0 spiro atoms. The monoisotopic (exact) mass is 369 g/mol. The Labute approximate surface area is 132 Å². The molecule has 0 bridgehead atoms. The molecular formula is C11H14BrCl2N3S. The van der Waals surface area contributed by atoms with Crippen LogP contribution in [-0.2, 0) is 0 Å². The average molecular weight is 371 g/mol. The third-order valence-corrected chi connectivity index (χ3v) is 3.51. The molecule has 3 nitrogen and oxygen atoms in total. The Hall–Kier alpha value is -0.230. The Morgan fingerprint density at radius 2 is 2.17 bits per heavy atom. The zero-order valence-corrected chi connectivity index (χ0v) is 13.8. The maximum absolute atomic E-state index is 7.53. The highest BCUT2D eigenvalue weighted by Crippen LogP contribution is 2.21. The van der Waals surface area contributed by atoms with E-state index in [2.05, 4.69) is 17.5 Å². The van der Waals surface area contributed by atoms with Gasteiger partial charge in [-0.3, -0.25) is 10.8 Å². The fourth-order valence-corrected chi connectivity index (χ4v) is 1.83. The highest BCUT2D eigenvalue weighted by Gasteiger charge is 1.97. The van der Waals surface area contributed by atoms with E-state index < -0.39 is 0 Å². The van der Waals surface area contributed by atoms with Crippen molar-refractivity contribution in [2.75, 3.05) is 5.75 Å². The van der Waals surface area contributed by atoms with Crippen molar-refractivity contribution in [3.05, 3.63) is 33.8 Å². The van der Waals surface area contributed by atoms with E-state index >= 15 is 0 Å². The second-order valence-corrected chi connectivity index (χ2v) is 5.14. The molecule has 2 N–H and O–H groups in total. The number of halogens is 3. The fraction of sp³-hybridized carbons (Fsp3) is 0.273. The largest absolute Gasteiger partial charge is 0.277 e. The van der Waals surface area contributed by atoms with Crippen molar-refractivity contribution in [3.63, 3.8) is 0 Å². The average Bonchev–Trinajstić information content (AvgIpc) is 2.31. The number of thioether (sulfide) groups is 1. The molecule has 0 saturated carbocycles. The number of nitrogens with one attached hydrogen (secondary N) is 2. The summed E-state index contributed by atoms with van der Waals surface area (Å²) in [4.78, 5) is 0. The first-order valence-electron chi connectivity index (χ1n) is 5.09. The summed E-state index contributed by atoms with van der Waals surface area (Å²) in [6, 6.07) is 5.24. The second kappa shape index (κ2) is 9.67. The van der Waals surface area contributed by atoms with Crippen LogP contribution in [0.1, 0.15) is 18.9 Å². The highest BCUT2D eigenvalue weighted by molar-refractivity contribution is 8.93. The van der Waals surface area contributed by atoms with Crippen LogP contribution in [0.15, 0.2) is 23.3 Å². The summed E-state index contributed by atoms with van der Waals surface area (Å²) in [5, 5.41) is 12.8. The zero-order valence-electron chi connectivity index (χ0n) is 9.74. The van der Waals surface area contributed by atoms with Gasteiger partial charge in [-0.05, 0) is 24.1 Å². The van der Waals surface area contributed by atoms with E-state index in [1.807, 2.05) is 6.07 Å². The lowest BCUT2D eigenvalue weighted by Crippen LogP contribution is -2.12. The third-order valence-electron chi connectivity index (χ3n) is 1.77. The lowest BCUT2D eigenvalue weighted by atomic mass is 10.2. The number of nitrogens with zero attached hydrogens (tertiary/aromatic N) is 1. The smallest absolute Gasteiger partial charge is 0.174 e. The number of hydrogen-bond acceptors (Lipinski definition) is 3. The van der Waals surface area contributed by atoms with Crippen LogP contribution in [0.5, 0.6) is 0 Å². The van der Waals surface area contributed by atoms with Gasteiger partial charge in [0.15, 0.2) is 5.17 Å². The molecule has 0 heterocycles. The molecule has 0 radical (unpaired) electrons. The molecule has 0 atom stereocenters. The summed E-state index contributed by atoms with van der Waals surface area (Å²) < 4.78 is 0. The minimum Gasteiger partial charge on any atom is -0.277 e. The predicted octanol–water partition coefficient (Wildman–Crippen LogP) is 4.57. The van der Waals surface area contributed by atoms with E-state index in [0.29, 0.717) is 15.2 Å². The molecule has 18 heavy (non-hydrogen) atoms. The van der Waals surface area contributed by atoms with Gasteiger partial charge in [0.05, 0.1) is 16.3 Å². The normalized spacial score (nSPS) is 10.2. The van der Waals surface area contributed by atoms with Crippen LogP contribution in [0.2, 0.25) is 10.0 Å². The Kier molecular flexibility index (Phi) is 9.54. The molecule has 0 amide bonds. The summed E-state index contributed by atoms with van der Waals surface area (Å²) in [6.07, 6.45) is 2.63. The van der Waals surface area contributed by atoms with Crippen molar-refractivity contribution in [1.29, 1.82) is 5.41 Å². The van der Waals surface area contributed by atoms with E-state index in [1.165, 1.54) is 11.8 Å². The summed E-state index contributed by atoms with van der Waals surface area (Å²) in [5.74, 6) is 0.911. The molecule has 0 aliphatic carbocycles. The van der Waals surface area contributed by atoms with Crippen LogP contribution in [0.3, 0.4) is 0 Å². The quantitative estimate of drug-likeness (QED) is 0.463. The number of benzene rings is 1. The molecule has 1 aromatic carbocycles. The van der Waals surface area contributed by atoms with Gasteiger partial charge in [-0.15, -0.1) is 17.0 Å². The van der Waals surface area contributed by atoms with Crippen LogP contribution in [0, 0.1) is 5.41 Å². The van der Waals surface area contributed by atoms with Gasteiger partial charge in [0.1, 0.15) is 0 Å². The number of rotatable bonds is 4. The van der Waals surface area contributed by atoms with Crippen molar-refractivity contribution >= 4 is 63.3 Å². The maximum Gasteiger partial charge on any atom is 0.174 e. The fourth-order valence-electron chi connectivity index (χ4n) is 0.995. The summed E-state index contributed by atoms with van der Waals surface area (Å²) in [7, 11) is 0. The first-order chi connectivity index (χ1) is 8.13. The van der Waals surface area contributed by atoms with Crippen molar-refractivity contribution in [2.24, 2.45) is 5.10 Å². The van der Waals surface area contributed by atoms with Crippen LogP contribution in [0.4, 0.5) is 0 Å². The number of hydrogen-bond donors (Lipinski definition) is 2. The van der Waals surface area contributed by atoms with Gasteiger partial charge in [-0.1, -0.05) is 48.0 Å². The molecule has 0 aliphatic heterocycles. The Balaban J connectivity index is 0.00000289. The molecule has 0 fully saturated rings. The first kappa shape index (κ1) is 17.8. The number of amidine groups is 1. The van der Waals surface area contributed by atoms with Gasteiger partial charge in [0.2, 0.25) is 0 Å². The van der Waals surface area contributed by atoms with Gasteiger partial charge in [0, 0.05) is 5.75 Å². The molecule has 7 heteroatoms. The van der Waals surface area contributed by atoms with E-state index in [9.17, 15) is 0 Å². The Morgan fingerprint density at radius 1 is 1.44 bits per heavy atom. The molecular weight excluding hydrogens is 357 g/mol. The minimum absolute atomic E-state index is 0. The lowest BCUT2D eigenvalue weighted by molar-refractivity contribution is 1.04. The van der Waals surface area contributed by atoms with Crippen molar-refractivity contribution < 1.29 is 0 Å². The van der Waals surface area contributed by atoms with E-state index in [-0.39, 0.29) is 17.0 Å². The SMILES string of the molecule is Br.CCCSC(=N)NN=Cc1ccc(Cl)c(Cl)c1. The third kappa shape index (κ3) is 6.64. The van der Waals surface area contributed by atoms with Crippen LogP contribution in [-0.4, -0.2) is 17.1 Å². The van der Waals surface area contributed by atoms with E-state index in [1.54, 1.807) is 18.3 Å². The predicted molar refractivity (Wildman–Crippen MR) is 88.0 cm³/mol. The van der Waals surface area contributed by atoms with Crippen LogP contribution in [0.25, 0.3) is 0 Å². The number of hydrazone groups is 1. The Bertz CT molecular complexity index is 427. The Morgan fingerprint density at radius 3 is 2.78 bits per heavy atom. The molecule has 0 aliphatic rings. The molecule has 0 unspecified atom stereocenters. The van der Waals surface area contributed by atoms with Crippen LogP contribution >= 0.6 is 51.9 Å². The van der Waals surface area contributed by atoms with Crippen molar-refractivity contribution in [3.8, 4) is 0 Å². The van der Waals surface area contributed by atoms with Gasteiger partial charge in [-0.2, -0.15) is 5.10 Å². The molecule has 100 valence electrons. The summed E-state index contributed by atoms with van der Waals surface area (Å²) in [5.41, 5.74) is 3.47. The minimum atomic E-state index is 0. The van der Waals surface area contributed by atoms with Gasteiger partial charge in [-0.25, -0.2) is 0 Å². The first-order valence-corrected chi connectivity index (χ1v) is 6.83. The molecule has 1 aromatic rings. The van der Waals surface area contributed by atoms with Gasteiger partial charge in [0.25, 0.3) is 0 Å². The second-order valence-electron chi connectivity index (χ2n) is 3.22. The lowest BCUT2D eigenvalue weighted by Gasteiger charge is -2.01.